The van der Waals surface area contributed by atoms with Crippen LogP contribution >= 0.6 is 0 Å². The van der Waals surface area contributed by atoms with Crippen molar-refractivity contribution in [1.29, 1.82) is 0 Å². The van der Waals surface area contributed by atoms with Crippen LogP contribution in [-0.2, 0) is 28.7 Å². The third-order valence-electron chi connectivity index (χ3n) is 4.30. The third kappa shape index (κ3) is 6.52. The van der Waals surface area contributed by atoms with Gasteiger partial charge in [0.15, 0.2) is 0 Å². The van der Waals surface area contributed by atoms with Crippen molar-refractivity contribution in [2.75, 3.05) is 7.11 Å². The molecule has 0 radical (unpaired) electrons. The summed E-state index contributed by atoms with van der Waals surface area (Å²) in [6, 6.07) is 15.6. The van der Waals surface area contributed by atoms with E-state index >= 15 is 0 Å². The molecule has 8 nitrogen and oxygen atoms in total. The fourth-order valence-corrected chi connectivity index (χ4v) is 2.75. The first-order chi connectivity index (χ1) is 15.5. The Morgan fingerprint density at radius 1 is 0.758 bits per heavy atom. The second kappa shape index (κ2) is 10.6. The van der Waals surface area contributed by atoms with E-state index in [9.17, 15) is 19.2 Å². The molecule has 2 rings (SSSR count). The number of benzene rings is 2. The second-order valence-electron chi connectivity index (χ2n) is 8.08. The van der Waals surface area contributed by atoms with Crippen molar-refractivity contribution in [3.63, 3.8) is 0 Å². The minimum absolute atomic E-state index is 0.0752. The molecule has 0 saturated heterocycles. The molecule has 0 saturated carbocycles. The Kier molecular flexibility index (Phi) is 8.12. The van der Waals surface area contributed by atoms with Crippen LogP contribution in [0.4, 0.5) is 0 Å². The highest BCUT2D eigenvalue weighted by atomic mass is 16.6. The van der Waals surface area contributed by atoms with Crippen LogP contribution in [-0.4, -0.2) is 36.6 Å². The van der Waals surface area contributed by atoms with Crippen molar-refractivity contribution in [3.8, 4) is 11.5 Å². The van der Waals surface area contributed by atoms with Gasteiger partial charge >= 0.3 is 23.9 Å². The zero-order valence-corrected chi connectivity index (χ0v) is 19.0. The SMILES string of the molecule is C=C(CC(C(=O)OC)(C(=O)Oc1ccccc1)C(=O)Oc1ccccc1)C(=O)OC(C)(C)C. The topological polar surface area (TPSA) is 105 Å². The summed E-state index contributed by atoms with van der Waals surface area (Å²) in [5.74, 6) is -4.58. The minimum Gasteiger partial charge on any atom is -0.468 e. The Bertz CT molecular complexity index is 966. The highest BCUT2D eigenvalue weighted by Gasteiger charge is 2.58. The van der Waals surface area contributed by atoms with Crippen LogP contribution in [0, 0.1) is 5.41 Å². The summed E-state index contributed by atoms with van der Waals surface area (Å²) >= 11 is 0. The molecule has 2 aromatic rings. The van der Waals surface area contributed by atoms with E-state index in [1.807, 2.05) is 0 Å². The molecular weight excluding hydrogens is 428 g/mol. The lowest BCUT2D eigenvalue weighted by Gasteiger charge is -2.28. The van der Waals surface area contributed by atoms with Gasteiger partial charge in [-0.3, -0.25) is 4.79 Å². The highest BCUT2D eigenvalue weighted by Crippen LogP contribution is 2.34. The van der Waals surface area contributed by atoms with Gasteiger partial charge in [-0.1, -0.05) is 43.0 Å². The predicted octanol–water partition coefficient (Wildman–Crippen LogP) is 3.65. The van der Waals surface area contributed by atoms with Gasteiger partial charge in [0.25, 0.3) is 5.41 Å². The summed E-state index contributed by atoms with van der Waals surface area (Å²) in [6.07, 6.45) is -0.772. The van der Waals surface area contributed by atoms with Crippen LogP contribution in [0.2, 0.25) is 0 Å². The van der Waals surface area contributed by atoms with Gasteiger partial charge in [0.1, 0.15) is 17.1 Å². The quantitative estimate of drug-likeness (QED) is 0.258. The van der Waals surface area contributed by atoms with Gasteiger partial charge < -0.3 is 18.9 Å². The largest absolute Gasteiger partial charge is 0.468 e. The van der Waals surface area contributed by atoms with E-state index in [0.29, 0.717) is 0 Å². The van der Waals surface area contributed by atoms with E-state index < -0.39 is 41.3 Å². The number of hydrogen-bond acceptors (Lipinski definition) is 8. The van der Waals surface area contributed by atoms with Crippen molar-refractivity contribution in [2.45, 2.75) is 32.8 Å². The van der Waals surface area contributed by atoms with Gasteiger partial charge in [0.05, 0.1) is 7.11 Å². The van der Waals surface area contributed by atoms with E-state index in [4.69, 9.17) is 18.9 Å². The Labute approximate surface area is 192 Å². The number of para-hydroxylation sites is 2. The Morgan fingerprint density at radius 3 is 1.55 bits per heavy atom. The lowest BCUT2D eigenvalue weighted by molar-refractivity contribution is -0.175. The van der Waals surface area contributed by atoms with Crippen molar-refractivity contribution >= 4 is 23.9 Å². The van der Waals surface area contributed by atoms with Crippen LogP contribution in [0.1, 0.15) is 27.2 Å². The Hall–Kier alpha value is -3.94. The molecule has 0 fully saturated rings. The average Bonchev–Trinajstić information content (AvgIpc) is 2.76. The van der Waals surface area contributed by atoms with Crippen LogP contribution in [0.5, 0.6) is 11.5 Å². The number of carbonyl (C=O) groups excluding carboxylic acids is 4. The standard InChI is InChI=1S/C25H26O8/c1-17(20(26)33-24(2,3)4)16-25(21(27)30-5,22(28)31-18-12-8-6-9-13-18)23(29)32-19-14-10-7-11-15-19/h6-15H,1,16H2,2-5H3. The number of esters is 4. The molecule has 0 atom stereocenters. The maximum Gasteiger partial charge on any atom is 0.340 e. The maximum absolute atomic E-state index is 13.3. The molecule has 0 aliphatic carbocycles. The normalized spacial score (nSPS) is 11.2. The maximum atomic E-state index is 13.3. The number of rotatable bonds is 8. The van der Waals surface area contributed by atoms with Gasteiger partial charge in [-0.2, -0.15) is 0 Å². The first-order valence-electron chi connectivity index (χ1n) is 10.0. The highest BCUT2D eigenvalue weighted by molar-refractivity contribution is 6.19. The predicted molar refractivity (Wildman–Crippen MR) is 118 cm³/mol. The fraction of sp³-hybridized carbons (Fsp3) is 0.280. The van der Waals surface area contributed by atoms with Crippen LogP contribution in [0.3, 0.4) is 0 Å². The summed E-state index contributed by atoms with van der Waals surface area (Å²) in [7, 11) is 0.999. The molecule has 2 aromatic carbocycles. The smallest absolute Gasteiger partial charge is 0.340 e. The zero-order chi connectivity index (χ0) is 24.6. The van der Waals surface area contributed by atoms with E-state index in [1.165, 1.54) is 24.3 Å². The van der Waals surface area contributed by atoms with Crippen molar-refractivity contribution < 1.29 is 38.1 Å². The Morgan fingerprint density at radius 2 is 1.18 bits per heavy atom. The molecule has 0 aliphatic heterocycles. The van der Waals surface area contributed by atoms with Gasteiger partial charge in [-0.05, 0) is 45.0 Å². The van der Waals surface area contributed by atoms with Gasteiger partial charge in [0, 0.05) is 12.0 Å². The molecule has 0 bridgehead atoms. The van der Waals surface area contributed by atoms with Crippen LogP contribution in [0.25, 0.3) is 0 Å². The van der Waals surface area contributed by atoms with E-state index in [2.05, 4.69) is 6.58 Å². The van der Waals surface area contributed by atoms with Crippen molar-refractivity contribution in [2.24, 2.45) is 5.41 Å². The van der Waals surface area contributed by atoms with Gasteiger partial charge in [0.2, 0.25) is 0 Å². The number of hydrogen-bond donors (Lipinski definition) is 0. The van der Waals surface area contributed by atoms with E-state index in [1.54, 1.807) is 57.2 Å². The first-order valence-corrected chi connectivity index (χ1v) is 10.0. The molecule has 0 spiro atoms. The first kappa shape index (κ1) is 25.3. The lowest BCUT2D eigenvalue weighted by Crippen LogP contribution is -2.52. The molecule has 174 valence electrons. The van der Waals surface area contributed by atoms with E-state index in [-0.39, 0.29) is 17.1 Å². The molecule has 0 aromatic heterocycles. The summed E-state index contributed by atoms with van der Waals surface area (Å²) in [5, 5.41) is 0. The van der Waals surface area contributed by atoms with Gasteiger partial charge in [-0.25, -0.2) is 14.4 Å². The van der Waals surface area contributed by atoms with Crippen molar-refractivity contribution in [1.82, 2.24) is 0 Å². The molecule has 0 unspecified atom stereocenters. The Balaban J connectivity index is 2.50. The fourth-order valence-electron chi connectivity index (χ4n) is 2.75. The summed E-state index contributed by atoms with van der Waals surface area (Å²) < 4.78 is 20.7. The summed E-state index contributed by atoms with van der Waals surface area (Å²) in [5.41, 5.74) is -3.86. The monoisotopic (exact) mass is 454 g/mol. The molecule has 0 N–H and O–H groups in total. The molecule has 0 heterocycles. The summed E-state index contributed by atoms with van der Waals surface area (Å²) in [4.78, 5) is 52.0. The van der Waals surface area contributed by atoms with Crippen LogP contribution in [0.15, 0.2) is 72.8 Å². The second-order valence-corrected chi connectivity index (χ2v) is 8.08. The molecule has 0 aliphatic rings. The minimum atomic E-state index is -2.67. The van der Waals surface area contributed by atoms with Gasteiger partial charge in [-0.15, -0.1) is 0 Å². The lowest BCUT2D eigenvalue weighted by atomic mass is 9.81. The number of methoxy groups -OCH3 is 1. The molecular formula is C25H26O8. The zero-order valence-electron chi connectivity index (χ0n) is 19.0. The summed E-state index contributed by atoms with van der Waals surface area (Å²) in [6.45, 7) is 8.54. The molecule has 8 heteroatoms. The third-order valence-corrected chi connectivity index (χ3v) is 4.30. The van der Waals surface area contributed by atoms with Crippen molar-refractivity contribution in [3.05, 3.63) is 72.8 Å². The molecule has 33 heavy (non-hydrogen) atoms. The molecule has 0 amide bonds. The average molecular weight is 454 g/mol. The van der Waals surface area contributed by atoms with E-state index in [0.717, 1.165) is 7.11 Å². The number of carbonyl (C=O) groups is 4. The van der Waals surface area contributed by atoms with Crippen LogP contribution < -0.4 is 9.47 Å². The number of ether oxygens (including phenoxy) is 4.